The van der Waals surface area contributed by atoms with Gasteiger partial charge in [0.25, 0.3) is 5.91 Å². The quantitative estimate of drug-likeness (QED) is 0.764. The van der Waals surface area contributed by atoms with Crippen molar-refractivity contribution in [2.75, 3.05) is 5.33 Å². The molecule has 0 bridgehead atoms. The fourth-order valence-electron chi connectivity index (χ4n) is 2.50. The fourth-order valence-corrected chi connectivity index (χ4v) is 3.54. The molecule has 2 atom stereocenters. The first-order valence-electron chi connectivity index (χ1n) is 6.42. The molecule has 0 aliphatic heterocycles. The molecule has 0 heterocycles. The number of nitrogens with one attached hydrogen (secondary N) is 1. The lowest BCUT2D eigenvalue weighted by Gasteiger charge is -2.28. The van der Waals surface area contributed by atoms with Gasteiger partial charge in [-0.2, -0.15) is 0 Å². The van der Waals surface area contributed by atoms with Gasteiger partial charge in [-0.15, -0.1) is 0 Å². The van der Waals surface area contributed by atoms with Crippen molar-refractivity contribution in [3.05, 3.63) is 34.1 Å². The maximum Gasteiger partial charge on any atom is 0.252 e. The Morgan fingerprint density at radius 3 is 2.95 bits per heavy atom. The van der Waals surface area contributed by atoms with Crippen LogP contribution in [-0.4, -0.2) is 17.3 Å². The molecule has 1 aliphatic rings. The number of benzene rings is 1. The molecule has 0 spiro atoms. The summed E-state index contributed by atoms with van der Waals surface area (Å²) in [4.78, 5) is 12.2. The summed E-state index contributed by atoms with van der Waals surface area (Å²) >= 11 is 6.63. The van der Waals surface area contributed by atoms with E-state index in [1.807, 2.05) is 0 Å². The van der Waals surface area contributed by atoms with E-state index in [1.54, 1.807) is 12.1 Å². The maximum absolute atomic E-state index is 13.4. The second-order valence-corrected chi connectivity index (χ2v) is 6.40. The molecule has 1 saturated carbocycles. The van der Waals surface area contributed by atoms with E-state index in [4.69, 9.17) is 0 Å². The molecule has 104 valence electrons. The van der Waals surface area contributed by atoms with Crippen molar-refractivity contribution in [2.45, 2.75) is 31.7 Å². The molecule has 1 fully saturated rings. The summed E-state index contributed by atoms with van der Waals surface area (Å²) in [6.45, 7) is 0. The summed E-state index contributed by atoms with van der Waals surface area (Å²) in [7, 11) is 0. The fraction of sp³-hybridized carbons (Fsp3) is 0.500. The summed E-state index contributed by atoms with van der Waals surface area (Å²) in [6.07, 6.45) is 4.33. The molecule has 0 aromatic heterocycles. The number of rotatable bonds is 3. The molecule has 1 aliphatic carbocycles. The minimum Gasteiger partial charge on any atom is -0.349 e. The Labute approximate surface area is 129 Å². The number of amides is 1. The van der Waals surface area contributed by atoms with Crippen molar-refractivity contribution in [3.8, 4) is 0 Å². The summed E-state index contributed by atoms with van der Waals surface area (Å²) in [6, 6.07) is 4.71. The van der Waals surface area contributed by atoms with E-state index >= 15 is 0 Å². The zero-order valence-electron chi connectivity index (χ0n) is 10.5. The van der Waals surface area contributed by atoms with E-state index in [0.29, 0.717) is 11.5 Å². The van der Waals surface area contributed by atoms with Crippen molar-refractivity contribution in [1.82, 2.24) is 5.32 Å². The van der Waals surface area contributed by atoms with Gasteiger partial charge in [0.1, 0.15) is 5.82 Å². The normalized spacial score (nSPS) is 23.1. The van der Waals surface area contributed by atoms with Gasteiger partial charge in [0.05, 0.1) is 10.0 Å². The van der Waals surface area contributed by atoms with Crippen LogP contribution in [0.3, 0.4) is 0 Å². The van der Waals surface area contributed by atoms with Crippen molar-refractivity contribution in [2.24, 2.45) is 5.92 Å². The Hall–Kier alpha value is -0.420. The number of alkyl halides is 1. The third-order valence-corrected chi connectivity index (χ3v) is 5.25. The lowest BCUT2D eigenvalue weighted by Crippen LogP contribution is -2.38. The van der Waals surface area contributed by atoms with Crippen LogP contribution < -0.4 is 5.32 Å². The highest BCUT2D eigenvalue weighted by atomic mass is 79.9. The second-order valence-electron chi connectivity index (χ2n) is 4.96. The predicted octanol–water partition coefficient (Wildman–Crippen LogP) is 4.27. The van der Waals surface area contributed by atoms with Gasteiger partial charge in [0.2, 0.25) is 0 Å². The highest BCUT2D eigenvalue weighted by Gasteiger charge is 2.23. The van der Waals surface area contributed by atoms with Crippen LogP contribution in [0, 0.1) is 11.7 Å². The van der Waals surface area contributed by atoms with Crippen LogP contribution in [0.5, 0.6) is 0 Å². The van der Waals surface area contributed by atoms with Crippen molar-refractivity contribution in [3.63, 3.8) is 0 Å². The lowest BCUT2D eigenvalue weighted by atomic mass is 9.87. The smallest absolute Gasteiger partial charge is 0.252 e. The van der Waals surface area contributed by atoms with Gasteiger partial charge < -0.3 is 5.32 Å². The van der Waals surface area contributed by atoms with Crippen LogP contribution in [-0.2, 0) is 0 Å². The van der Waals surface area contributed by atoms with Crippen LogP contribution in [0.1, 0.15) is 36.0 Å². The summed E-state index contributed by atoms with van der Waals surface area (Å²) in [5.74, 6) is 0.0104. The van der Waals surface area contributed by atoms with Crippen LogP contribution in [0.2, 0.25) is 0 Å². The SMILES string of the molecule is O=C(NC1CCCC(CBr)C1)c1cccc(F)c1Br. The standard InChI is InChI=1S/C14H16Br2FNO/c15-8-9-3-1-4-10(7-9)18-14(19)11-5-2-6-12(17)13(11)16/h2,5-6,9-10H,1,3-4,7-8H2,(H,18,19). The molecule has 2 nitrogen and oxygen atoms in total. The summed E-state index contributed by atoms with van der Waals surface area (Å²) in [5.41, 5.74) is 0.362. The van der Waals surface area contributed by atoms with Gasteiger partial charge in [-0.1, -0.05) is 28.4 Å². The number of halogens is 3. The largest absolute Gasteiger partial charge is 0.349 e. The number of hydrogen-bond acceptors (Lipinski definition) is 1. The van der Waals surface area contributed by atoms with Crippen molar-refractivity contribution < 1.29 is 9.18 Å². The summed E-state index contributed by atoms with van der Waals surface area (Å²) < 4.78 is 13.6. The highest BCUT2D eigenvalue weighted by Crippen LogP contribution is 2.26. The van der Waals surface area contributed by atoms with Gasteiger partial charge in [0, 0.05) is 11.4 Å². The topological polar surface area (TPSA) is 29.1 Å². The molecule has 0 radical (unpaired) electrons. The number of hydrogen-bond donors (Lipinski definition) is 1. The second kappa shape index (κ2) is 6.84. The van der Waals surface area contributed by atoms with E-state index in [1.165, 1.54) is 12.5 Å². The number of carbonyl (C=O) groups is 1. The molecule has 1 aromatic carbocycles. The minimum atomic E-state index is -0.408. The van der Waals surface area contributed by atoms with E-state index in [-0.39, 0.29) is 16.4 Å². The van der Waals surface area contributed by atoms with Gasteiger partial charge in [-0.05, 0) is 53.2 Å². The molecule has 19 heavy (non-hydrogen) atoms. The first-order valence-corrected chi connectivity index (χ1v) is 8.34. The Morgan fingerprint density at radius 2 is 2.21 bits per heavy atom. The molecule has 5 heteroatoms. The number of carbonyl (C=O) groups excluding carboxylic acids is 1. The van der Waals surface area contributed by atoms with Crippen LogP contribution in [0.4, 0.5) is 4.39 Å². The third-order valence-electron chi connectivity index (χ3n) is 3.53. The van der Waals surface area contributed by atoms with Crippen molar-refractivity contribution in [1.29, 1.82) is 0 Å². The monoisotopic (exact) mass is 391 g/mol. The minimum absolute atomic E-state index is 0.193. The molecule has 2 unspecified atom stereocenters. The molecular weight excluding hydrogens is 377 g/mol. The van der Waals surface area contributed by atoms with Gasteiger partial charge in [0.15, 0.2) is 0 Å². The zero-order chi connectivity index (χ0) is 13.8. The Kier molecular flexibility index (Phi) is 5.39. The first kappa shape index (κ1) is 15.0. The maximum atomic E-state index is 13.4. The molecular formula is C14H16Br2FNO. The Balaban J connectivity index is 2.02. The molecule has 1 amide bonds. The van der Waals surface area contributed by atoms with Crippen molar-refractivity contribution >= 4 is 37.8 Å². The highest BCUT2D eigenvalue weighted by molar-refractivity contribution is 9.10. The van der Waals surface area contributed by atoms with Gasteiger partial charge in [-0.25, -0.2) is 4.39 Å². The van der Waals surface area contributed by atoms with E-state index in [2.05, 4.69) is 37.2 Å². The van der Waals surface area contributed by atoms with E-state index in [0.717, 1.165) is 24.6 Å². The molecule has 1 aromatic rings. The first-order chi connectivity index (χ1) is 9.11. The van der Waals surface area contributed by atoms with E-state index in [9.17, 15) is 9.18 Å². The Bertz CT molecular complexity index is 467. The van der Waals surface area contributed by atoms with E-state index < -0.39 is 5.82 Å². The zero-order valence-corrected chi connectivity index (χ0v) is 13.6. The average Bonchev–Trinajstić information content (AvgIpc) is 2.42. The molecule has 0 saturated heterocycles. The van der Waals surface area contributed by atoms with Crippen LogP contribution in [0.25, 0.3) is 0 Å². The predicted molar refractivity (Wildman–Crippen MR) is 81.1 cm³/mol. The lowest BCUT2D eigenvalue weighted by molar-refractivity contribution is 0.0920. The van der Waals surface area contributed by atoms with Crippen LogP contribution >= 0.6 is 31.9 Å². The van der Waals surface area contributed by atoms with Crippen LogP contribution in [0.15, 0.2) is 22.7 Å². The Morgan fingerprint density at radius 1 is 1.42 bits per heavy atom. The van der Waals surface area contributed by atoms with Gasteiger partial charge in [-0.3, -0.25) is 4.79 Å². The molecule has 1 N–H and O–H groups in total. The average molecular weight is 393 g/mol. The third kappa shape index (κ3) is 3.78. The molecule has 2 rings (SSSR count). The summed E-state index contributed by atoms with van der Waals surface area (Å²) in [5, 5.41) is 3.99. The van der Waals surface area contributed by atoms with Gasteiger partial charge >= 0.3 is 0 Å².